The molecule has 1 N–H and O–H groups in total. The van der Waals surface area contributed by atoms with Gasteiger partial charge >= 0.3 is 6.09 Å². The molecule has 0 radical (unpaired) electrons. The van der Waals surface area contributed by atoms with Crippen LogP contribution in [0.4, 0.5) is 22.0 Å². The Bertz CT molecular complexity index is 1390. The number of nitrogens with one attached hydrogen (secondary N) is 1. The Kier molecular flexibility index (Phi) is 7.74. The second-order valence-corrected chi connectivity index (χ2v) is 10.3. The summed E-state index contributed by atoms with van der Waals surface area (Å²) in [4.78, 5) is 47.4. The summed E-state index contributed by atoms with van der Waals surface area (Å²) in [5.74, 6) is -0.274. The van der Waals surface area contributed by atoms with Crippen LogP contribution in [0.5, 0.6) is 0 Å². The van der Waals surface area contributed by atoms with Gasteiger partial charge in [-0.25, -0.2) is 4.79 Å². The highest BCUT2D eigenvalue weighted by atomic mass is 16.6. The van der Waals surface area contributed by atoms with Crippen LogP contribution >= 0.6 is 0 Å². The quantitative estimate of drug-likeness (QED) is 0.504. The number of ether oxygens (including phenoxy) is 1. The second kappa shape index (κ2) is 11.4. The van der Waals surface area contributed by atoms with E-state index in [2.05, 4.69) is 27.3 Å². The van der Waals surface area contributed by atoms with Gasteiger partial charge in [0.2, 0.25) is 0 Å². The summed E-state index contributed by atoms with van der Waals surface area (Å²) in [6.45, 7) is 6.18. The van der Waals surface area contributed by atoms with E-state index in [4.69, 9.17) is 4.74 Å². The zero-order valence-corrected chi connectivity index (χ0v) is 23.4. The monoisotopic (exact) mass is 545 g/mol. The lowest BCUT2D eigenvalue weighted by Crippen LogP contribution is -2.44. The fourth-order valence-electron chi connectivity index (χ4n) is 4.97. The number of rotatable bonds is 6. The number of hydrogen-bond donors (Lipinski definition) is 1. The Morgan fingerprint density at radius 3 is 2.20 bits per heavy atom. The van der Waals surface area contributed by atoms with Crippen LogP contribution in [0.25, 0.3) is 0 Å². The number of likely N-dealkylation sites (N-methyl/N-ethyl adjacent to an activating group) is 1. The van der Waals surface area contributed by atoms with Crippen molar-refractivity contribution in [2.75, 3.05) is 69.0 Å². The molecule has 3 aromatic rings. The van der Waals surface area contributed by atoms with Crippen LogP contribution in [0.2, 0.25) is 0 Å². The molecule has 40 heavy (non-hydrogen) atoms. The van der Waals surface area contributed by atoms with Crippen LogP contribution in [0, 0.1) is 0 Å². The number of aromatic nitrogens is 2. The average molecular weight is 546 g/mol. The molecule has 0 spiro atoms. The number of carbonyl (C=O) groups excluding carboxylic acids is 3. The number of hydrogen-bond acceptors (Lipinski definition) is 8. The highest BCUT2D eigenvalue weighted by Gasteiger charge is 2.34. The van der Waals surface area contributed by atoms with E-state index in [1.807, 2.05) is 55.4 Å². The van der Waals surface area contributed by atoms with Crippen molar-refractivity contribution in [3.8, 4) is 0 Å². The maximum Gasteiger partial charge on any atom is 0.435 e. The van der Waals surface area contributed by atoms with E-state index < -0.39 is 6.09 Å². The summed E-state index contributed by atoms with van der Waals surface area (Å²) < 4.78 is 6.33. The van der Waals surface area contributed by atoms with Gasteiger partial charge in [-0.3, -0.25) is 9.59 Å². The fourth-order valence-corrected chi connectivity index (χ4v) is 4.97. The lowest BCUT2D eigenvalue weighted by molar-refractivity contribution is 0.0747. The summed E-state index contributed by atoms with van der Waals surface area (Å²) >= 11 is 0. The van der Waals surface area contributed by atoms with Crippen LogP contribution in [0.3, 0.4) is 0 Å². The number of benzene rings is 2. The minimum absolute atomic E-state index is 0.159. The third-order valence-electron chi connectivity index (χ3n) is 7.37. The molecule has 0 bridgehead atoms. The van der Waals surface area contributed by atoms with Crippen LogP contribution in [-0.4, -0.2) is 91.4 Å². The maximum absolute atomic E-state index is 13.5. The molecule has 11 heteroatoms. The highest BCUT2D eigenvalue weighted by molar-refractivity contribution is 6.04. The van der Waals surface area contributed by atoms with Gasteiger partial charge in [0.15, 0.2) is 5.82 Å². The summed E-state index contributed by atoms with van der Waals surface area (Å²) in [5, 5.41) is 7.18. The Morgan fingerprint density at radius 2 is 1.57 bits per heavy atom. The number of fused-ring (bicyclic) bond motifs is 1. The molecule has 2 aliphatic rings. The Morgan fingerprint density at radius 1 is 0.925 bits per heavy atom. The smallest absolute Gasteiger partial charge is 0.435 e. The van der Waals surface area contributed by atoms with Gasteiger partial charge in [0.25, 0.3) is 11.8 Å². The Labute approximate surface area is 233 Å². The van der Waals surface area contributed by atoms with E-state index in [0.717, 1.165) is 42.2 Å². The first-order chi connectivity index (χ1) is 19.2. The van der Waals surface area contributed by atoms with Crippen molar-refractivity contribution in [2.24, 2.45) is 0 Å². The van der Waals surface area contributed by atoms with Gasteiger partial charge in [0, 0.05) is 68.3 Å². The van der Waals surface area contributed by atoms with Gasteiger partial charge in [-0.05, 0) is 62.5 Å². The lowest BCUT2D eigenvalue weighted by atomic mass is 10.1. The predicted molar refractivity (Wildman–Crippen MR) is 153 cm³/mol. The number of carbonyl (C=O) groups is 3. The fraction of sp³-hybridized carbons (Fsp3) is 0.379. The molecule has 0 aliphatic carbocycles. The molecule has 2 amide bonds. The lowest BCUT2D eigenvalue weighted by Gasteiger charge is -2.34. The molecule has 11 nitrogen and oxygen atoms in total. The minimum atomic E-state index is -0.652. The van der Waals surface area contributed by atoms with Gasteiger partial charge in [-0.15, -0.1) is 5.10 Å². The first-order valence-corrected chi connectivity index (χ1v) is 13.4. The molecular weight excluding hydrogens is 510 g/mol. The van der Waals surface area contributed by atoms with Crippen LogP contribution in [0.15, 0.2) is 48.5 Å². The largest absolute Gasteiger partial charge is 0.448 e. The van der Waals surface area contributed by atoms with E-state index in [1.54, 1.807) is 24.0 Å². The summed E-state index contributed by atoms with van der Waals surface area (Å²) in [5.41, 5.74) is 4.22. The summed E-state index contributed by atoms with van der Waals surface area (Å²) in [6, 6.07) is 14.8. The van der Waals surface area contributed by atoms with Crippen molar-refractivity contribution >= 4 is 35.1 Å². The number of nitrogens with zero attached hydrogens (tertiary/aromatic N) is 6. The highest BCUT2D eigenvalue weighted by Crippen LogP contribution is 2.31. The zero-order chi connectivity index (χ0) is 28.4. The molecule has 0 unspecified atom stereocenters. The molecular formula is C29H35N7O4. The van der Waals surface area contributed by atoms with Gasteiger partial charge < -0.3 is 29.7 Å². The average Bonchev–Trinajstić information content (AvgIpc) is 3.54. The zero-order valence-electron chi connectivity index (χ0n) is 23.4. The first kappa shape index (κ1) is 27.2. The number of amides is 2. The first-order valence-electron chi connectivity index (χ1n) is 13.4. The normalized spacial score (nSPS) is 15.1. The predicted octanol–water partition coefficient (Wildman–Crippen LogP) is 3.11. The summed E-state index contributed by atoms with van der Waals surface area (Å²) in [6.07, 6.45) is -0.652. The molecule has 210 valence electrons. The molecule has 2 aromatic carbocycles. The van der Waals surface area contributed by atoms with E-state index in [9.17, 15) is 14.4 Å². The van der Waals surface area contributed by atoms with Gasteiger partial charge in [0.1, 0.15) is 0 Å². The van der Waals surface area contributed by atoms with Crippen LogP contribution in [-0.2, 0) is 17.8 Å². The molecule has 5 rings (SSSR count). The van der Waals surface area contributed by atoms with Crippen LogP contribution < -0.4 is 15.1 Å². The second-order valence-electron chi connectivity index (χ2n) is 10.3. The van der Waals surface area contributed by atoms with Crippen molar-refractivity contribution in [3.05, 3.63) is 70.9 Å². The van der Waals surface area contributed by atoms with Crippen molar-refractivity contribution in [2.45, 2.75) is 20.0 Å². The maximum atomic E-state index is 13.5. The molecule has 2 aliphatic heterocycles. The van der Waals surface area contributed by atoms with Gasteiger partial charge in [0.05, 0.1) is 25.4 Å². The van der Waals surface area contributed by atoms with Crippen molar-refractivity contribution < 1.29 is 19.1 Å². The molecule has 0 atom stereocenters. The van der Waals surface area contributed by atoms with Crippen LogP contribution in [0.1, 0.15) is 38.9 Å². The topological polar surface area (TPSA) is 103 Å². The molecule has 1 saturated heterocycles. The van der Waals surface area contributed by atoms with Crippen molar-refractivity contribution in [1.82, 2.24) is 19.6 Å². The SMILES string of the molecule is CCOC(=O)n1nc(NC(=O)c2ccc(N(C)C)cc2)c2c1CN(C(=O)c1ccc(N3CCN(C)CC3)cc1)C2. The van der Waals surface area contributed by atoms with Crippen molar-refractivity contribution in [1.29, 1.82) is 0 Å². The van der Waals surface area contributed by atoms with E-state index >= 15 is 0 Å². The van der Waals surface area contributed by atoms with E-state index in [-0.39, 0.29) is 37.3 Å². The van der Waals surface area contributed by atoms with Gasteiger partial charge in [-0.1, -0.05) is 0 Å². The number of anilines is 3. The minimum Gasteiger partial charge on any atom is -0.448 e. The van der Waals surface area contributed by atoms with Crippen molar-refractivity contribution in [3.63, 3.8) is 0 Å². The van der Waals surface area contributed by atoms with E-state index in [1.165, 1.54) is 0 Å². The molecule has 0 saturated carbocycles. The Balaban J connectivity index is 1.34. The molecule has 3 heterocycles. The Hall–Kier alpha value is -4.38. The van der Waals surface area contributed by atoms with E-state index in [0.29, 0.717) is 22.4 Å². The molecule has 1 aromatic heterocycles. The third kappa shape index (κ3) is 5.50. The van der Waals surface area contributed by atoms with Gasteiger partial charge in [-0.2, -0.15) is 4.68 Å². The third-order valence-corrected chi connectivity index (χ3v) is 7.37. The standard InChI is InChI=1S/C29H35N7O4/c1-5-40-29(39)36-25-19-35(28(38)21-8-12-23(13-9-21)34-16-14-33(4)15-17-34)18-24(25)26(31-36)30-27(37)20-6-10-22(11-7-20)32(2)3/h6-13H,5,14-19H2,1-4H3,(H,30,31,37). The summed E-state index contributed by atoms with van der Waals surface area (Å²) in [7, 11) is 5.97. The molecule has 1 fully saturated rings. The number of piperazine rings is 1.